The van der Waals surface area contributed by atoms with Crippen molar-refractivity contribution in [3.63, 3.8) is 0 Å². The number of hydrogen-bond acceptors (Lipinski definition) is 7. The van der Waals surface area contributed by atoms with Crippen LogP contribution in [0, 0.1) is 11.7 Å². The van der Waals surface area contributed by atoms with Crippen LogP contribution in [0.1, 0.15) is 71.3 Å². The van der Waals surface area contributed by atoms with Crippen molar-refractivity contribution in [3.05, 3.63) is 29.6 Å². The van der Waals surface area contributed by atoms with Crippen molar-refractivity contribution in [2.75, 3.05) is 31.2 Å². The number of hydrogen-bond donors (Lipinski definition) is 0. The van der Waals surface area contributed by atoms with Crippen molar-refractivity contribution < 1.29 is 36.7 Å². The molecule has 206 valence electrons. The third-order valence-electron chi connectivity index (χ3n) is 6.20. The second-order valence-corrected chi connectivity index (χ2v) is 13.2. The molecule has 11 heteroatoms. The molecule has 2 aliphatic rings. The maximum Gasteiger partial charge on any atom is 0.425 e. The average molecular weight is 541 g/mol. The molecule has 1 aromatic carbocycles. The second kappa shape index (κ2) is 11.8. The van der Waals surface area contributed by atoms with Crippen molar-refractivity contribution in [1.82, 2.24) is 9.80 Å². The number of imide groups is 3. The van der Waals surface area contributed by atoms with Gasteiger partial charge < -0.3 is 14.4 Å². The largest absolute Gasteiger partial charge is 0.490 e. The zero-order valence-corrected chi connectivity index (χ0v) is 22.8. The standard InChI is InChI=1S/C26H37FN2O7S/c1-18(20-10-11-21(27)22(14-20)35-16-19-8-9-19)17-37(33,34)13-7-5-6-12-28-15-23(30)29(24(28)31)25(32)36-26(2,3)4/h10-11,14,18-19H,5-9,12-13,15-17H2,1-4H3/t18-/m0/s1. The van der Waals surface area contributed by atoms with Gasteiger partial charge >= 0.3 is 12.1 Å². The fraction of sp³-hybridized carbons (Fsp3) is 0.654. The van der Waals surface area contributed by atoms with Crippen molar-refractivity contribution in [1.29, 1.82) is 0 Å². The van der Waals surface area contributed by atoms with Gasteiger partial charge in [-0.15, -0.1) is 0 Å². The summed E-state index contributed by atoms with van der Waals surface area (Å²) in [6.45, 7) is 7.22. The Morgan fingerprint density at radius 2 is 1.86 bits per heavy atom. The zero-order valence-electron chi connectivity index (χ0n) is 22.0. The van der Waals surface area contributed by atoms with Gasteiger partial charge in [0, 0.05) is 6.54 Å². The second-order valence-electron chi connectivity index (χ2n) is 10.9. The number of ether oxygens (including phenoxy) is 2. The summed E-state index contributed by atoms with van der Waals surface area (Å²) in [5.41, 5.74) is -0.126. The number of carbonyl (C=O) groups excluding carboxylic acids is 3. The molecule has 3 rings (SSSR count). The number of sulfone groups is 1. The Kier molecular flexibility index (Phi) is 9.20. The molecule has 1 saturated heterocycles. The van der Waals surface area contributed by atoms with E-state index in [-0.39, 0.29) is 36.3 Å². The lowest BCUT2D eigenvalue weighted by atomic mass is 10.0. The van der Waals surface area contributed by atoms with Gasteiger partial charge in [-0.2, -0.15) is 4.90 Å². The summed E-state index contributed by atoms with van der Waals surface area (Å²) < 4.78 is 50.1. The van der Waals surface area contributed by atoms with Gasteiger partial charge in [-0.05, 0) is 76.0 Å². The highest BCUT2D eigenvalue weighted by molar-refractivity contribution is 7.91. The Hall–Kier alpha value is -2.69. The predicted octanol–water partition coefficient (Wildman–Crippen LogP) is 4.50. The van der Waals surface area contributed by atoms with E-state index in [1.807, 2.05) is 0 Å². The van der Waals surface area contributed by atoms with Crippen molar-refractivity contribution in [3.8, 4) is 5.75 Å². The molecule has 1 aromatic rings. The molecule has 9 nitrogen and oxygen atoms in total. The summed E-state index contributed by atoms with van der Waals surface area (Å²) >= 11 is 0. The Morgan fingerprint density at radius 3 is 2.51 bits per heavy atom. The van der Waals surface area contributed by atoms with Crippen LogP contribution >= 0.6 is 0 Å². The highest BCUT2D eigenvalue weighted by Gasteiger charge is 2.42. The summed E-state index contributed by atoms with van der Waals surface area (Å²) in [4.78, 5) is 38.5. The smallest absolute Gasteiger partial charge is 0.425 e. The lowest BCUT2D eigenvalue weighted by Crippen LogP contribution is -2.41. The van der Waals surface area contributed by atoms with Gasteiger partial charge in [0.05, 0.1) is 18.1 Å². The summed E-state index contributed by atoms with van der Waals surface area (Å²) in [5, 5.41) is 0. The Morgan fingerprint density at radius 1 is 1.16 bits per heavy atom. The van der Waals surface area contributed by atoms with Gasteiger partial charge in [0.2, 0.25) is 0 Å². The van der Waals surface area contributed by atoms with E-state index in [2.05, 4.69) is 0 Å². The summed E-state index contributed by atoms with van der Waals surface area (Å²) in [5.74, 6) is -0.848. The molecule has 4 amide bonds. The number of urea groups is 1. The Labute approximate surface area is 218 Å². The van der Waals surface area contributed by atoms with Crippen LogP contribution in [0.15, 0.2) is 18.2 Å². The maximum absolute atomic E-state index is 14.1. The number of nitrogens with zero attached hydrogens (tertiary/aromatic N) is 2. The molecule has 37 heavy (non-hydrogen) atoms. The average Bonchev–Trinajstić information content (AvgIpc) is 3.55. The highest BCUT2D eigenvalue weighted by atomic mass is 32.2. The van der Waals surface area contributed by atoms with Crippen LogP contribution in [0.3, 0.4) is 0 Å². The van der Waals surface area contributed by atoms with E-state index >= 15 is 0 Å². The predicted molar refractivity (Wildman–Crippen MR) is 136 cm³/mol. The zero-order chi connectivity index (χ0) is 27.4. The Balaban J connectivity index is 1.41. The lowest BCUT2D eigenvalue weighted by Gasteiger charge is -2.22. The van der Waals surface area contributed by atoms with E-state index in [1.54, 1.807) is 39.8 Å². The first-order chi connectivity index (χ1) is 17.3. The maximum atomic E-state index is 14.1. The van der Waals surface area contributed by atoms with E-state index in [0.29, 0.717) is 42.3 Å². The van der Waals surface area contributed by atoms with Crippen molar-refractivity contribution in [2.45, 2.75) is 71.3 Å². The minimum atomic E-state index is -3.36. The summed E-state index contributed by atoms with van der Waals surface area (Å²) in [7, 11) is -3.36. The first-order valence-corrected chi connectivity index (χ1v) is 14.6. The monoisotopic (exact) mass is 540 g/mol. The highest BCUT2D eigenvalue weighted by Crippen LogP contribution is 2.31. The van der Waals surface area contributed by atoms with Crippen LogP contribution in [0.4, 0.5) is 14.0 Å². The molecule has 0 spiro atoms. The molecule has 0 bridgehead atoms. The van der Waals surface area contributed by atoms with E-state index < -0.39 is 39.3 Å². The molecule has 0 radical (unpaired) electrons. The van der Waals surface area contributed by atoms with Crippen LogP contribution in [0.5, 0.6) is 5.75 Å². The number of benzene rings is 1. The third-order valence-corrected chi connectivity index (χ3v) is 8.12. The topological polar surface area (TPSA) is 110 Å². The van der Waals surface area contributed by atoms with Crippen LogP contribution in [-0.2, 0) is 19.4 Å². The third kappa shape index (κ3) is 8.69. The molecule has 0 aromatic heterocycles. The number of halogens is 1. The van der Waals surface area contributed by atoms with E-state index in [0.717, 1.165) is 12.8 Å². The molecule has 1 heterocycles. The van der Waals surface area contributed by atoms with E-state index in [1.165, 1.54) is 11.0 Å². The van der Waals surface area contributed by atoms with Gasteiger partial charge in [-0.25, -0.2) is 22.4 Å². The number of carbonyl (C=O) groups is 3. The fourth-order valence-corrected chi connectivity index (χ4v) is 5.77. The van der Waals surface area contributed by atoms with Crippen LogP contribution in [-0.4, -0.2) is 73.1 Å². The molecule has 1 aliphatic carbocycles. The number of amides is 4. The quantitative estimate of drug-likeness (QED) is 0.283. The minimum Gasteiger partial charge on any atom is -0.490 e. The first kappa shape index (κ1) is 28.9. The Bertz CT molecular complexity index is 1110. The van der Waals surface area contributed by atoms with Gasteiger partial charge in [-0.1, -0.05) is 19.4 Å². The molecule has 1 saturated carbocycles. The normalized spacial score (nSPS) is 17.3. The van der Waals surface area contributed by atoms with Gasteiger partial charge in [0.15, 0.2) is 21.4 Å². The van der Waals surface area contributed by atoms with Crippen molar-refractivity contribution in [2.24, 2.45) is 5.92 Å². The summed E-state index contributed by atoms with van der Waals surface area (Å²) in [6.07, 6.45) is 2.62. The van der Waals surface area contributed by atoms with E-state index in [9.17, 15) is 27.2 Å². The summed E-state index contributed by atoms with van der Waals surface area (Å²) in [6, 6.07) is 3.77. The van der Waals surface area contributed by atoms with Crippen LogP contribution < -0.4 is 4.74 Å². The molecular formula is C26H37FN2O7S. The molecule has 0 N–H and O–H groups in total. The molecular weight excluding hydrogens is 503 g/mol. The molecule has 1 aliphatic heterocycles. The van der Waals surface area contributed by atoms with Crippen molar-refractivity contribution >= 4 is 27.9 Å². The molecule has 2 fully saturated rings. The van der Waals surface area contributed by atoms with E-state index in [4.69, 9.17) is 9.47 Å². The van der Waals surface area contributed by atoms with Crippen LogP contribution in [0.2, 0.25) is 0 Å². The molecule has 0 unspecified atom stereocenters. The lowest BCUT2D eigenvalue weighted by molar-refractivity contribution is -0.124. The fourth-order valence-electron chi connectivity index (χ4n) is 4.00. The van der Waals surface area contributed by atoms with Crippen LogP contribution in [0.25, 0.3) is 0 Å². The van der Waals surface area contributed by atoms with Gasteiger partial charge in [0.1, 0.15) is 12.1 Å². The minimum absolute atomic E-state index is 0.0134. The molecule has 1 atom stereocenters. The van der Waals surface area contributed by atoms with Gasteiger partial charge in [-0.3, -0.25) is 4.79 Å². The van der Waals surface area contributed by atoms with Gasteiger partial charge in [0.25, 0.3) is 5.91 Å². The SMILES string of the molecule is C[C@@H](CS(=O)(=O)CCCCCN1CC(=O)N(C(=O)OC(C)(C)C)C1=O)c1ccc(F)c(OCC2CC2)c1. The number of rotatable bonds is 12. The number of unbranched alkanes of at least 4 members (excludes halogenated alkanes) is 2. The first-order valence-electron chi connectivity index (χ1n) is 12.7.